The molecule has 2 saturated heterocycles. The van der Waals surface area contributed by atoms with Gasteiger partial charge in [0.25, 0.3) is 11.6 Å². The summed E-state index contributed by atoms with van der Waals surface area (Å²) in [5.74, 6) is -4.17. The van der Waals surface area contributed by atoms with Crippen LogP contribution in [0.4, 0.5) is 9.59 Å². The summed E-state index contributed by atoms with van der Waals surface area (Å²) in [5, 5.41) is 16.2. The standard InChI is InChI=1S/C40H40N10O10S2/c1-4-48-19-20-49(33(53)32(48)52)38(57)42-28(23-15-17-27(18-16-23)59-37(41)56)31(51)43-40(58-3)35(55)50-29(26(21-61-36(40)50)22-62-39-44-45-46-47(39)2)34(54)60-30(24-11-7-5-8-12-24)25-13-9-6-10-14-25/h5-18,28,30,36H,4,19-22H2,1-3H3,(H2,41,56)(H,42,57)(H,43,51)/t28-,36-,40-/m0/s1. The molecule has 2 fully saturated rings. The molecule has 0 aliphatic carbocycles. The Morgan fingerprint density at radius 3 is 2.18 bits per heavy atom. The third-order valence-corrected chi connectivity index (χ3v) is 12.7. The number of nitrogens with one attached hydrogen (secondary N) is 2. The van der Waals surface area contributed by atoms with E-state index in [1.807, 2.05) is 60.7 Å². The minimum atomic E-state index is -2.08. The minimum Gasteiger partial charge on any atom is -0.448 e. The maximum atomic E-state index is 14.6. The summed E-state index contributed by atoms with van der Waals surface area (Å²) in [5.41, 5.74) is 5.04. The highest BCUT2D eigenvalue weighted by Crippen LogP contribution is 2.48. The van der Waals surface area contributed by atoms with E-state index in [9.17, 15) is 33.6 Å². The van der Waals surface area contributed by atoms with Crippen molar-refractivity contribution in [3.05, 3.63) is 113 Å². The van der Waals surface area contributed by atoms with Gasteiger partial charge in [0.05, 0.1) is 0 Å². The van der Waals surface area contributed by atoms with Crippen LogP contribution >= 0.6 is 23.5 Å². The zero-order chi connectivity index (χ0) is 44.1. The van der Waals surface area contributed by atoms with Gasteiger partial charge >= 0.3 is 29.9 Å². The van der Waals surface area contributed by atoms with Gasteiger partial charge in [-0.2, -0.15) is 0 Å². The molecule has 3 aliphatic rings. The first-order chi connectivity index (χ1) is 29.9. The van der Waals surface area contributed by atoms with Crippen LogP contribution in [0.1, 0.15) is 35.8 Å². The van der Waals surface area contributed by atoms with Gasteiger partial charge in [0, 0.05) is 45.3 Å². The van der Waals surface area contributed by atoms with Crippen LogP contribution in [0.3, 0.4) is 0 Å². The van der Waals surface area contributed by atoms with Crippen LogP contribution in [-0.4, -0.2) is 126 Å². The first-order valence-electron chi connectivity index (χ1n) is 19.1. The van der Waals surface area contributed by atoms with Crippen molar-refractivity contribution >= 4 is 65.2 Å². The Morgan fingerprint density at radius 2 is 1.60 bits per heavy atom. The van der Waals surface area contributed by atoms with Crippen LogP contribution in [0.15, 0.2) is 101 Å². The molecule has 0 bridgehead atoms. The fourth-order valence-electron chi connectivity index (χ4n) is 7.06. The SMILES string of the molecule is CCN1CCN(C(=O)N[C@H](C(=O)N[C@]2(OC)C(=O)N3C(C(=O)OC(c4ccccc4)c4ccccc4)=C(CSc4nnnn4C)CS[C@H]32)c2ccc(OC(N)=O)cc2)C(=O)C1=O. The van der Waals surface area contributed by atoms with Gasteiger partial charge in [-0.1, -0.05) is 84.6 Å². The number of nitrogens with zero attached hydrogens (tertiary/aromatic N) is 7. The number of carbonyl (C=O) groups is 7. The van der Waals surface area contributed by atoms with Gasteiger partial charge in [-0.05, 0) is 51.7 Å². The molecule has 3 aromatic carbocycles. The number of nitrogens with two attached hydrogens (primary N) is 1. The maximum Gasteiger partial charge on any atom is 0.409 e. The summed E-state index contributed by atoms with van der Waals surface area (Å²) < 4.78 is 18.5. The number of ether oxygens (including phenoxy) is 3. The highest BCUT2D eigenvalue weighted by Gasteiger charge is 2.67. The number of amides is 7. The van der Waals surface area contributed by atoms with E-state index in [2.05, 4.69) is 26.2 Å². The number of hydrogen-bond donors (Lipinski definition) is 3. The number of carbonyl (C=O) groups excluding carboxylic acids is 7. The number of urea groups is 1. The monoisotopic (exact) mass is 884 g/mol. The molecule has 4 N–H and O–H groups in total. The molecule has 3 aliphatic heterocycles. The molecule has 322 valence electrons. The lowest BCUT2D eigenvalue weighted by atomic mass is 9.96. The van der Waals surface area contributed by atoms with Crippen molar-refractivity contribution in [3.63, 3.8) is 0 Å². The molecule has 62 heavy (non-hydrogen) atoms. The second kappa shape index (κ2) is 18.5. The predicted octanol–water partition coefficient (Wildman–Crippen LogP) is 1.86. The molecule has 4 aromatic rings. The Morgan fingerprint density at radius 1 is 0.935 bits per heavy atom. The largest absolute Gasteiger partial charge is 0.448 e. The third-order valence-electron chi connectivity index (χ3n) is 10.2. The van der Waals surface area contributed by atoms with Gasteiger partial charge in [0.2, 0.25) is 11.1 Å². The number of primary amides is 1. The summed E-state index contributed by atoms with van der Waals surface area (Å²) >= 11 is 2.46. The molecule has 20 nitrogen and oxygen atoms in total. The molecule has 4 heterocycles. The van der Waals surface area contributed by atoms with Crippen LogP contribution in [0.2, 0.25) is 0 Å². The highest BCUT2D eigenvalue weighted by molar-refractivity contribution is 8.01. The molecule has 22 heteroatoms. The van der Waals surface area contributed by atoms with E-state index in [1.54, 1.807) is 14.0 Å². The normalized spacial score (nSPS) is 19.1. The van der Waals surface area contributed by atoms with Crippen LogP contribution in [0, 0.1) is 0 Å². The van der Waals surface area contributed by atoms with Crippen molar-refractivity contribution in [1.29, 1.82) is 0 Å². The minimum absolute atomic E-state index is 0.0253. The zero-order valence-corrected chi connectivity index (χ0v) is 35.1. The van der Waals surface area contributed by atoms with E-state index in [0.29, 0.717) is 26.8 Å². The molecule has 3 atom stereocenters. The number of hydrogen-bond acceptors (Lipinski definition) is 15. The third kappa shape index (κ3) is 8.56. The summed E-state index contributed by atoms with van der Waals surface area (Å²) in [6, 6.07) is 20.9. The van der Waals surface area contributed by atoms with Gasteiger partial charge < -0.3 is 35.5 Å². The highest BCUT2D eigenvalue weighted by atomic mass is 32.2. The molecule has 7 rings (SSSR count). The molecule has 0 radical (unpaired) electrons. The van der Waals surface area contributed by atoms with Crippen molar-refractivity contribution in [2.24, 2.45) is 12.8 Å². The molecule has 0 saturated carbocycles. The van der Waals surface area contributed by atoms with Gasteiger partial charge in [-0.15, -0.1) is 16.9 Å². The molecule has 7 amide bonds. The first-order valence-corrected chi connectivity index (χ1v) is 21.1. The molecular weight excluding hydrogens is 845 g/mol. The zero-order valence-electron chi connectivity index (χ0n) is 33.5. The van der Waals surface area contributed by atoms with E-state index < -0.39 is 65.0 Å². The van der Waals surface area contributed by atoms with Crippen molar-refractivity contribution < 1.29 is 47.8 Å². The smallest absolute Gasteiger partial charge is 0.409 e. The van der Waals surface area contributed by atoms with E-state index >= 15 is 0 Å². The quantitative estimate of drug-likeness (QED) is 0.0538. The number of piperazine rings is 1. The van der Waals surface area contributed by atoms with E-state index in [1.165, 1.54) is 69.4 Å². The van der Waals surface area contributed by atoms with E-state index in [0.717, 1.165) is 0 Å². The van der Waals surface area contributed by atoms with Gasteiger partial charge in [-0.3, -0.25) is 29.0 Å². The number of benzene rings is 3. The van der Waals surface area contributed by atoms with Crippen molar-refractivity contribution in [3.8, 4) is 5.75 Å². The molecule has 1 aromatic heterocycles. The average molecular weight is 885 g/mol. The summed E-state index contributed by atoms with van der Waals surface area (Å²) in [7, 11) is 2.88. The number of imide groups is 1. The second-order valence-electron chi connectivity index (χ2n) is 13.9. The van der Waals surface area contributed by atoms with Gasteiger partial charge in [0.1, 0.15) is 22.9 Å². The van der Waals surface area contributed by atoms with E-state index in [-0.39, 0.29) is 48.1 Å². The Kier molecular flexibility index (Phi) is 12.9. The molecule has 0 unspecified atom stereocenters. The Labute approximate surface area is 362 Å². The van der Waals surface area contributed by atoms with Crippen molar-refractivity contribution in [1.82, 2.24) is 45.5 Å². The van der Waals surface area contributed by atoms with Crippen LogP contribution in [0.25, 0.3) is 0 Å². The fraction of sp³-hybridized carbons (Fsp3) is 0.300. The number of β-lactam (4-membered cyclic amide) rings is 1. The second-order valence-corrected chi connectivity index (χ2v) is 15.9. The van der Waals surface area contributed by atoms with Gasteiger partial charge in [0.15, 0.2) is 6.10 Å². The lowest BCUT2D eigenvalue weighted by molar-refractivity contribution is -0.193. The number of aryl methyl sites for hydroxylation is 1. The Hall–Kier alpha value is -6.78. The lowest BCUT2D eigenvalue weighted by Crippen LogP contribution is -2.81. The number of methoxy groups -OCH3 is 1. The summed E-state index contributed by atoms with van der Waals surface area (Å²) in [4.78, 5) is 97.5. The van der Waals surface area contributed by atoms with Gasteiger partial charge in [-0.25, -0.2) is 19.1 Å². The number of rotatable bonds is 14. The Bertz CT molecular complexity index is 2380. The first kappa shape index (κ1) is 43.3. The molecular formula is C40H40N10O10S2. The number of thioether (sulfide) groups is 2. The molecule has 0 spiro atoms. The lowest BCUT2D eigenvalue weighted by Gasteiger charge is -2.56. The number of tetrazole rings is 1. The van der Waals surface area contributed by atoms with Crippen LogP contribution < -0.4 is 21.1 Å². The van der Waals surface area contributed by atoms with Crippen LogP contribution in [0.5, 0.6) is 5.75 Å². The number of fused-ring (bicyclic) bond motifs is 1. The fourth-order valence-corrected chi connectivity index (χ4v) is 9.48. The predicted molar refractivity (Wildman–Crippen MR) is 220 cm³/mol. The number of esters is 1. The summed E-state index contributed by atoms with van der Waals surface area (Å²) in [6.07, 6.45) is -1.95. The number of aromatic nitrogens is 4. The topological polar surface area (TPSA) is 251 Å². The van der Waals surface area contributed by atoms with Crippen molar-refractivity contribution in [2.75, 3.05) is 38.2 Å². The summed E-state index contributed by atoms with van der Waals surface area (Å²) in [6.45, 7) is 1.87. The van der Waals surface area contributed by atoms with E-state index in [4.69, 9.17) is 19.9 Å². The number of likely N-dealkylation sites (N-methyl/N-ethyl adjacent to an activating group) is 1. The Balaban J connectivity index is 1.19. The van der Waals surface area contributed by atoms with Crippen LogP contribution in [-0.2, 0) is 40.5 Å². The maximum absolute atomic E-state index is 14.6. The average Bonchev–Trinajstić information content (AvgIpc) is 3.70. The van der Waals surface area contributed by atoms with Crippen molar-refractivity contribution in [2.45, 2.75) is 35.3 Å².